The summed E-state index contributed by atoms with van der Waals surface area (Å²) in [5, 5.41) is 3.65. The molecule has 1 unspecified atom stereocenters. The molecule has 21 heavy (non-hydrogen) atoms. The lowest BCUT2D eigenvalue weighted by molar-refractivity contribution is -0.108. The second-order valence-corrected chi connectivity index (χ2v) is 8.22. The zero-order valence-corrected chi connectivity index (χ0v) is 12.9. The zero-order valence-electron chi connectivity index (χ0n) is 12.9. The molecule has 1 aromatic carbocycles. The van der Waals surface area contributed by atoms with E-state index < -0.39 is 0 Å². The molecule has 1 aliphatic heterocycles. The van der Waals surface area contributed by atoms with E-state index in [-0.39, 0.29) is 0 Å². The summed E-state index contributed by atoms with van der Waals surface area (Å²) >= 11 is 0. The van der Waals surface area contributed by atoms with Crippen molar-refractivity contribution in [1.29, 1.82) is 0 Å². The van der Waals surface area contributed by atoms with Crippen molar-refractivity contribution in [3.05, 3.63) is 23.8 Å². The molecule has 6 rings (SSSR count). The van der Waals surface area contributed by atoms with Crippen LogP contribution in [-0.4, -0.2) is 12.6 Å². The zero-order chi connectivity index (χ0) is 14.0. The van der Waals surface area contributed by atoms with Gasteiger partial charge in [0.25, 0.3) is 0 Å². The van der Waals surface area contributed by atoms with E-state index in [1.54, 1.807) is 0 Å². The molecule has 4 saturated carbocycles. The van der Waals surface area contributed by atoms with Gasteiger partial charge in [0.05, 0.1) is 12.2 Å². The standard InChI is InChI=1S/C19H25NO/c1-12-3-2-4-16-18(12)21-17(11-20-16)19-8-13-5-14(9-19)7-15(6-13)10-19/h2-4,13-15,17,20H,5-11H2,1H3. The smallest absolute Gasteiger partial charge is 0.145 e. The third-order valence-corrected chi connectivity index (χ3v) is 6.72. The molecule has 0 radical (unpaired) electrons. The van der Waals surface area contributed by atoms with E-state index in [1.165, 1.54) is 49.8 Å². The van der Waals surface area contributed by atoms with E-state index >= 15 is 0 Å². The van der Waals surface area contributed by atoms with Crippen molar-refractivity contribution in [2.24, 2.45) is 23.2 Å². The molecule has 1 atom stereocenters. The maximum absolute atomic E-state index is 6.59. The van der Waals surface area contributed by atoms with E-state index in [0.29, 0.717) is 11.5 Å². The quantitative estimate of drug-likeness (QED) is 0.825. The van der Waals surface area contributed by atoms with Crippen molar-refractivity contribution in [1.82, 2.24) is 0 Å². The first kappa shape index (κ1) is 12.4. The molecule has 2 heteroatoms. The molecular formula is C19H25NO. The predicted molar refractivity (Wildman–Crippen MR) is 84.7 cm³/mol. The fraction of sp³-hybridized carbons (Fsp3) is 0.684. The summed E-state index contributed by atoms with van der Waals surface area (Å²) in [7, 11) is 0. The molecule has 0 amide bonds. The lowest BCUT2D eigenvalue weighted by Crippen LogP contribution is -2.56. The van der Waals surface area contributed by atoms with Crippen LogP contribution in [0.5, 0.6) is 5.75 Å². The second-order valence-electron chi connectivity index (χ2n) is 8.22. The Morgan fingerprint density at radius 1 is 1.05 bits per heavy atom. The van der Waals surface area contributed by atoms with E-state index in [0.717, 1.165) is 30.0 Å². The first-order valence-electron chi connectivity index (χ1n) is 8.72. The van der Waals surface area contributed by atoms with Gasteiger partial charge in [-0.05, 0) is 74.8 Å². The van der Waals surface area contributed by atoms with Crippen LogP contribution < -0.4 is 10.1 Å². The highest BCUT2D eigenvalue weighted by atomic mass is 16.5. The molecule has 4 bridgehead atoms. The van der Waals surface area contributed by atoms with Crippen LogP contribution >= 0.6 is 0 Å². The van der Waals surface area contributed by atoms with Gasteiger partial charge in [-0.1, -0.05) is 12.1 Å². The molecule has 112 valence electrons. The Morgan fingerprint density at radius 3 is 2.38 bits per heavy atom. The predicted octanol–water partition coefficient (Wildman–Crippen LogP) is 4.38. The number of anilines is 1. The summed E-state index contributed by atoms with van der Waals surface area (Å²) in [6, 6.07) is 6.44. The van der Waals surface area contributed by atoms with Gasteiger partial charge in [-0.3, -0.25) is 0 Å². The number of aryl methyl sites for hydroxylation is 1. The Morgan fingerprint density at radius 2 is 1.71 bits per heavy atom. The number of hydrogen-bond donors (Lipinski definition) is 1. The Labute approximate surface area is 127 Å². The molecule has 1 heterocycles. The van der Waals surface area contributed by atoms with Gasteiger partial charge < -0.3 is 10.1 Å². The summed E-state index contributed by atoms with van der Waals surface area (Å²) in [4.78, 5) is 0. The van der Waals surface area contributed by atoms with Crippen molar-refractivity contribution in [3.63, 3.8) is 0 Å². The molecule has 4 aliphatic carbocycles. The highest BCUT2D eigenvalue weighted by molar-refractivity contribution is 5.61. The van der Waals surface area contributed by atoms with Crippen LogP contribution in [0.2, 0.25) is 0 Å². The van der Waals surface area contributed by atoms with Gasteiger partial charge in [-0.15, -0.1) is 0 Å². The molecule has 2 nitrogen and oxygen atoms in total. The number of nitrogens with one attached hydrogen (secondary N) is 1. The minimum atomic E-state index is 0.388. The summed E-state index contributed by atoms with van der Waals surface area (Å²) in [6.45, 7) is 3.17. The fourth-order valence-corrected chi connectivity index (χ4v) is 6.25. The average Bonchev–Trinajstić information content (AvgIpc) is 2.46. The second kappa shape index (κ2) is 4.18. The number of benzene rings is 1. The van der Waals surface area contributed by atoms with Gasteiger partial charge in [0.1, 0.15) is 11.9 Å². The monoisotopic (exact) mass is 283 g/mol. The minimum absolute atomic E-state index is 0.388. The van der Waals surface area contributed by atoms with Gasteiger partial charge in [0, 0.05) is 5.41 Å². The molecule has 1 aromatic rings. The third kappa shape index (κ3) is 1.77. The fourth-order valence-electron chi connectivity index (χ4n) is 6.25. The molecule has 0 spiro atoms. The maximum atomic E-state index is 6.59. The first-order chi connectivity index (χ1) is 10.2. The average molecular weight is 283 g/mol. The normalized spacial score (nSPS) is 43.1. The number of ether oxygens (including phenoxy) is 1. The number of hydrogen-bond acceptors (Lipinski definition) is 2. The van der Waals surface area contributed by atoms with Crippen LogP contribution in [0.4, 0.5) is 5.69 Å². The van der Waals surface area contributed by atoms with Crippen LogP contribution in [0.15, 0.2) is 18.2 Å². The van der Waals surface area contributed by atoms with Crippen molar-refractivity contribution in [2.45, 2.75) is 51.6 Å². The summed E-state index contributed by atoms with van der Waals surface area (Å²) in [5.74, 6) is 4.11. The van der Waals surface area contributed by atoms with Gasteiger partial charge >= 0.3 is 0 Å². The molecule has 0 saturated heterocycles. The SMILES string of the molecule is Cc1cccc2c1OC(C13CC4CC(CC(C4)C1)C3)CN2. The topological polar surface area (TPSA) is 21.3 Å². The van der Waals surface area contributed by atoms with Gasteiger partial charge in [0.15, 0.2) is 0 Å². The molecule has 0 aromatic heterocycles. The van der Waals surface area contributed by atoms with Crippen LogP contribution in [0.1, 0.15) is 44.1 Å². The number of fused-ring (bicyclic) bond motifs is 1. The van der Waals surface area contributed by atoms with Crippen LogP contribution in [-0.2, 0) is 0 Å². The lowest BCUT2D eigenvalue weighted by atomic mass is 9.48. The van der Waals surface area contributed by atoms with Crippen molar-refractivity contribution in [3.8, 4) is 5.75 Å². The highest BCUT2D eigenvalue weighted by Crippen LogP contribution is 2.62. The van der Waals surface area contributed by atoms with E-state index in [4.69, 9.17) is 4.74 Å². The van der Waals surface area contributed by atoms with E-state index in [1.807, 2.05) is 0 Å². The molecule has 4 fully saturated rings. The third-order valence-electron chi connectivity index (χ3n) is 6.72. The van der Waals surface area contributed by atoms with Crippen LogP contribution in [0.25, 0.3) is 0 Å². The molecule has 1 N–H and O–H groups in total. The van der Waals surface area contributed by atoms with Crippen molar-refractivity contribution in [2.75, 3.05) is 11.9 Å². The van der Waals surface area contributed by atoms with Crippen LogP contribution in [0, 0.1) is 30.1 Å². The summed E-state index contributed by atoms with van der Waals surface area (Å²) in [6.07, 6.45) is 9.18. The minimum Gasteiger partial charge on any atom is -0.486 e. The first-order valence-corrected chi connectivity index (χ1v) is 8.72. The summed E-state index contributed by atoms with van der Waals surface area (Å²) < 4.78 is 6.59. The summed E-state index contributed by atoms with van der Waals surface area (Å²) in [5.41, 5.74) is 2.94. The molecule has 5 aliphatic rings. The highest BCUT2D eigenvalue weighted by Gasteiger charge is 2.55. The Hall–Kier alpha value is -1.18. The van der Waals surface area contributed by atoms with Crippen molar-refractivity contribution < 1.29 is 4.74 Å². The molecular weight excluding hydrogens is 258 g/mol. The van der Waals surface area contributed by atoms with Crippen molar-refractivity contribution >= 4 is 5.69 Å². The van der Waals surface area contributed by atoms with Gasteiger partial charge in [0.2, 0.25) is 0 Å². The number of para-hydroxylation sites is 1. The Kier molecular flexibility index (Phi) is 2.46. The number of rotatable bonds is 1. The largest absolute Gasteiger partial charge is 0.486 e. The van der Waals surface area contributed by atoms with Gasteiger partial charge in [-0.25, -0.2) is 0 Å². The van der Waals surface area contributed by atoms with Crippen LogP contribution in [0.3, 0.4) is 0 Å². The maximum Gasteiger partial charge on any atom is 0.145 e. The lowest BCUT2D eigenvalue weighted by Gasteiger charge is -2.59. The Bertz CT molecular complexity index is 544. The van der Waals surface area contributed by atoms with Gasteiger partial charge in [-0.2, -0.15) is 0 Å². The Balaban J connectivity index is 1.48. The van der Waals surface area contributed by atoms with E-state index in [2.05, 4.69) is 30.4 Å². The van der Waals surface area contributed by atoms with E-state index in [9.17, 15) is 0 Å².